The molecule has 10 heavy (non-hydrogen) atoms. The number of aliphatic hydroxyl groups is 1. The minimum absolute atomic E-state index is 0.111. The van der Waals surface area contributed by atoms with Crippen molar-refractivity contribution in [2.45, 2.75) is 25.4 Å². The largest absolute Gasteiger partial charge is 0.380 e. The van der Waals surface area contributed by atoms with Crippen molar-refractivity contribution in [2.75, 3.05) is 13.5 Å². The summed E-state index contributed by atoms with van der Waals surface area (Å²) in [6, 6.07) is 0. The van der Waals surface area contributed by atoms with E-state index in [1.165, 1.54) is 0 Å². The SMILES string of the molecule is [2H]C([2H])([2H])N1CCC(O)(CC)C1=O. The lowest BCUT2D eigenvalue weighted by Gasteiger charge is -2.17. The van der Waals surface area contributed by atoms with Crippen LogP contribution < -0.4 is 0 Å². The van der Waals surface area contributed by atoms with Crippen LogP contribution in [-0.2, 0) is 4.79 Å². The molecule has 0 aliphatic carbocycles. The van der Waals surface area contributed by atoms with Crippen molar-refractivity contribution in [1.29, 1.82) is 0 Å². The molecule has 1 rings (SSSR count). The van der Waals surface area contributed by atoms with Crippen molar-refractivity contribution in [3.8, 4) is 0 Å². The normalized spacial score (nSPS) is 39.2. The summed E-state index contributed by atoms with van der Waals surface area (Å²) >= 11 is 0. The Morgan fingerprint density at radius 3 is 3.00 bits per heavy atom. The number of carbonyl (C=O) groups is 1. The summed E-state index contributed by atoms with van der Waals surface area (Å²) in [7, 11) is 0. The van der Waals surface area contributed by atoms with Crippen molar-refractivity contribution >= 4 is 5.91 Å². The van der Waals surface area contributed by atoms with Gasteiger partial charge in [0, 0.05) is 24.1 Å². The lowest BCUT2D eigenvalue weighted by molar-refractivity contribution is -0.142. The molecule has 0 aromatic carbocycles. The van der Waals surface area contributed by atoms with Crippen LogP contribution in [0.25, 0.3) is 0 Å². The van der Waals surface area contributed by atoms with Gasteiger partial charge in [-0.15, -0.1) is 0 Å². The molecular formula is C7H13NO2. The highest BCUT2D eigenvalue weighted by atomic mass is 16.3. The molecular weight excluding hydrogens is 130 g/mol. The maximum atomic E-state index is 11.4. The Bertz CT molecular complexity index is 228. The molecule has 1 heterocycles. The van der Waals surface area contributed by atoms with Gasteiger partial charge in [0.05, 0.1) is 0 Å². The summed E-state index contributed by atoms with van der Waals surface area (Å²) in [5, 5.41) is 9.66. The molecule has 1 amide bonds. The summed E-state index contributed by atoms with van der Waals surface area (Å²) in [6.45, 7) is -0.642. The highest BCUT2D eigenvalue weighted by Crippen LogP contribution is 2.24. The zero-order valence-corrected chi connectivity index (χ0v) is 5.92. The predicted molar refractivity (Wildman–Crippen MR) is 37.5 cm³/mol. The monoisotopic (exact) mass is 146 g/mol. The Balaban J connectivity index is 2.83. The molecule has 1 aliphatic heterocycles. The Hall–Kier alpha value is -0.570. The number of amides is 1. The standard InChI is InChI=1S/C7H13NO2/c1-3-7(10)4-5-8(2)6(7)9/h10H,3-5H2,1-2H3/i2D3. The molecule has 58 valence electrons. The number of likely N-dealkylation sites (N-methyl/N-ethyl adjacent to an activating group) is 1. The zero-order chi connectivity index (χ0) is 10.3. The molecule has 3 heteroatoms. The van der Waals surface area contributed by atoms with E-state index in [1.54, 1.807) is 6.92 Å². The first-order valence-corrected chi connectivity index (χ1v) is 3.36. The van der Waals surface area contributed by atoms with E-state index in [4.69, 9.17) is 4.11 Å². The van der Waals surface area contributed by atoms with Crippen LogP contribution in [0.2, 0.25) is 0 Å². The summed E-state index contributed by atoms with van der Waals surface area (Å²) in [6.07, 6.45) is 0.471. The van der Waals surface area contributed by atoms with Crippen molar-refractivity contribution in [2.24, 2.45) is 0 Å². The molecule has 3 nitrogen and oxygen atoms in total. The van der Waals surface area contributed by atoms with Crippen LogP contribution in [-0.4, -0.2) is 35.0 Å². The molecule has 1 aliphatic rings. The van der Waals surface area contributed by atoms with Crippen LogP contribution in [0, 0.1) is 0 Å². The molecule has 0 radical (unpaired) electrons. The van der Waals surface area contributed by atoms with E-state index >= 15 is 0 Å². The van der Waals surface area contributed by atoms with Gasteiger partial charge in [-0.2, -0.15) is 0 Å². The quantitative estimate of drug-likeness (QED) is 0.565. The van der Waals surface area contributed by atoms with E-state index < -0.39 is 18.5 Å². The van der Waals surface area contributed by atoms with Crippen LogP contribution in [0.1, 0.15) is 23.9 Å². The first-order valence-electron chi connectivity index (χ1n) is 4.86. The third kappa shape index (κ3) is 0.904. The third-order valence-corrected chi connectivity index (χ3v) is 1.98. The highest BCUT2D eigenvalue weighted by Gasteiger charge is 2.41. The van der Waals surface area contributed by atoms with Crippen LogP contribution in [0.5, 0.6) is 0 Å². The number of likely N-dealkylation sites (tertiary alicyclic amines) is 1. The number of rotatable bonds is 1. The Morgan fingerprint density at radius 1 is 2.00 bits per heavy atom. The summed E-state index contributed by atoms with van der Waals surface area (Å²) < 4.78 is 21.1. The van der Waals surface area contributed by atoms with E-state index in [-0.39, 0.29) is 19.4 Å². The Kier molecular flexibility index (Phi) is 0.969. The first kappa shape index (κ1) is 4.34. The van der Waals surface area contributed by atoms with Gasteiger partial charge in [-0.25, -0.2) is 0 Å². The zero-order valence-electron chi connectivity index (χ0n) is 8.92. The fourth-order valence-corrected chi connectivity index (χ4v) is 1.08. The molecule has 1 saturated heterocycles. The second-order valence-corrected chi connectivity index (χ2v) is 2.59. The van der Waals surface area contributed by atoms with Crippen LogP contribution in [0.15, 0.2) is 0 Å². The summed E-state index contributed by atoms with van der Waals surface area (Å²) in [5.41, 5.74) is -1.45. The van der Waals surface area contributed by atoms with E-state index in [0.717, 1.165) is 4.90 Å². The molecule has 0 spiro atoms. The highest BCUT2D eigenvalue weighted by molar-refractivity contribution is 5.86. The Morgan fingerprint density at radius 2 is 2.70 bits per heavy atom. The number of carbonyl (C=O) groups excluding carboxylic acids is 1. The molecule has 1 fully saturated rings. The van der Waals surface area contributed by atoms with Gasteiger partial charge in [0.1, 0.15) is 5.60 Å². The number of hydrogen-bond acceptors (Lipinski definition) is 2. The van der Waals surface area contributed by atoms with Gasteiger partial charge in [-0.3, -0.25) is 4.79 Å². The van der Waals surface area contributed by atoms with E-state index in [0.29, 0.717) is 0 Å². The molecule has 0 saturated carbocycles. The maximum absolute atomic E-state index is 11.4. The number of hydrogen-bond donors (Lipinski definition) is 1. The summed E-state index contributed by atoms with van der Waals surface area (Å²) in [4.78, 5) is 12.2. The van der Waals surface area contributed by atoms with Crippen molar-refractivity contribution in [3.63, 3.8) is 0 Å². The molecule has 1 unspecified atom stereocenters. The van der Waals surface area contributed by atoms with E-state index in [1.807, 2.05) is 0 Å². The van der Waals surface area contributed by atoms with Gasteiger partial charge in [-0.1, -0.05) is 6.92 Å². The topological polar surface area (TPSA) is 40.5 Å². The summed E-state index contributed by atoms with van der Waals surface area (Å²) in [5.74, 6) is -0.671. The molecule has 0 bridgehead atoms. The second-order valence-electron chi connectivity index (χ2n) is 2.59. The first-order chi connectivity index (χ1) is 5.81. The average molecular weight is 146 g/mol. The van der Waals surface area contributed by atoms with Gasteiger partial charge in [0.25, 0.3) is 5.91 Å². The maximum Gasteiger partial charge on any atom is 0.254 e. The van der Waals surface area contributed by atoms with Gasteiger partial charge in [-0.05, 0) is 6.42 Å². The Labute approximate surface area is 64.9 Å². The second kappa shape index (κ2) is 2.23. The number of nitrogens with zero attached hydrogens (tertiary/aromatic N) is 1. The fraction of sp³-hybridized carbons (Fsp3) is 0.857. The van der Waals surface area contributed by atoms with Crippen molar-refractivity contribution in [3.05, 3.63) is 0 Å². The predicted octanol–water partition coefficient (Wildman–Crippen LogP) is -0.0104. The minimum atomic E-state index is -2.42. The van der Waals surface area contributed by atoms with Gasteiger partial charge in [0.15, 0.2) is 0 Å². The van der Waals surface area contributed by atoms with E-state index in [2.05, 4.69) is 0 Å². The van der Waals surface area contributed by atoms with Gasteiger partial charge < -0.3 is 10.0 Å². The van der Waals surface area contributed by atoms with Crippen molar-refractivity contribution < 1.29 is 14.0 Å². The van der Waals surface area contributed by atoms with Gasteiger partial charge in [0.2, 0.25) is 0 Å². The third-order valence-electron chi connectivity index (χ3n) is 1.98. The molecule has 0 aromatic heterocycles. The van der Waals surface area contributed by atoms with E-state index in [9.17, 15) is 9.90 Å². The minimum Gasteiger partial charge on any atom is -0.380 e. The van der Waals surface area contributed by atoms with Crippen LogP contribution in [0.3, 0.4) is 0 Å². The molecule has 1 atom stereocenters. The lowest BCUT2D eigenvalue weighted by Crippen LogP contribution is -2.37. The molecule has 1 N–H and O–H groups in total. The van der Waals surface area contributed by atoms with Crippen LogP contribution >= 0.6 is 0 Å². The lowest BCUT2D eigenvalue weighted by atomic mass is 10.00. The molecule has 0 aromatic rings. The van der Waals surface area contributed by atoms with Crippen molar-refractivity contribution in [1.82, 2.24) is 4.90 Å². The average Bonchev–Trinajstić information content (AvgIpc) is 2.29. The van der Waals surface area contributed by atoms with Gasteiger partial charge >= 0.3 is 0 Å². The fourth-order valence-electron chi connectivity index (χ4n) is 1.08. The smallest absolute Gasteiger partial charge is 0.254 e. The van der Waals surface area contributed by atoms with Crippen LogP contribution in [0.4, 0.5) is 0 Å².